The van der Waals surface area contributed by atoms with Crippen LogP contribution in [0.2, 0.25) is 0 Å². The topological polar surface area (TPSA) is 30.3 Å². The fourth-order valence-corrected chi connectivity index (χ4v) is 1.94. The third-order valence-corrected chi connectivity index (χ3v) is 2.93. The van der Waals surface area contributed by atoms with E-state index in [0.29, 0.717) is 19.0 Å². The zero-order valence-corrected chi connectivity index (χ0v) is 12.5. The van der Waals surface area contributed by atoms with Gasteiger partial charge in [-0.15, -0.1) is 0 Å². The van der Waals surface area contributed by atoms with Crippen molar-refractivity contribution in [3.63, 3.8) is 0 Å². The van der Waals surface area contributed by atoms with E-state index < -0.39 is 11.6 Å². The summed E-state index contributed by atoms with van der Waals surface area (Å²) in [5.74, 6) is -1.68. The lowest BCUT2D eigenvalue weighted by Crippen LogP contribution is -2.35. The van der Waals surface area contributed by atoms with Gasteiger partial charge in [0, 0.05) is 19.6 Å². The van der Waals surface area contributed by atoms with Crippen LogP contribution in [0.1, 0.15) is 19.4 Å². The number of rotatable bonds is 6. The van der Waals surface area contributed by atoms with Crippen LogP contribution in [-0.2, 0) is 0 Å². The Morgan fingerprint density at radius 2 is 1.80 bits per heavy atom. The molecule has 1 rings (SSSR count). The average molecular weight is 281 g/mol. The highest BCUT2D eigenvalue weighted by atomic mass is 19.2. The molecule has 0 bridgehead atoms. The molecule has 1 aromatic carbocycles. The molecular weight excluding hydrogens is 260 g/mol. The molecule has 5 heteroatoms. The van der Waals surface area contributed by atoms with Crippen LogP contribution in [0.4, 0.5) is 14.5 Å². The summed E-state index contributed by atoms with van der Waals surface area (Å²) in [6.07, 6.45) is 0. The van der Waals surface area contributed by atoms with Crippen molar-refractivity contribution in [3.05, 3.63) is 29.3 Å². The molecule has 0 aromatic heterocycles. The van der Waals surface area contributed by atoms with E-state index in [9.17, 15) is 8.78 Å². The first-order chi connectivity index (χ1) is 9.36. The summed E-state index contributed by atoms with van der Waals surface area (Å²) >= 11 is 0. The number of benzene rings is 1. The van der Waals surface area contributed by atoms with Gasteiger partial charge in [0.2, 0.25) is 0 Å². The highest BCUT2D eigenvalue weighted by Crippen LogP contribution is 2.24. The summed E-state index contributed by atoms with van der Waals surface area (Å²) in [5, 5.41) is 8.72. The van der Waals surface area contributed by atoms with E-state index in [0.717, 1.165) is 6.54 Å². The van der Waals surface area contributed by atoms with Gasteiger partial charge in [0.15, 0.2) is 11.6 Å². The second-order valence-electron chi connectivity index (χ2n) is 5.52. The molecule has 0 spiro atoms. The number of nitriles is 1. The summed E-state index contributed by atoms with van der Waals surface area (Å²) in [6, 6.07) is 4.46. The molecule has 1 aromatic rings. The van der Waals surface area contributed by atoms with Gasteiger partial charge >= 0.3 is 0 Å². The highest BCUT2D eigenvalue weighted by molar-refractivity contribution is 5.52. The van der Waals surface area contributed by atoms with E-state index in [1.807, 2.05) is 37.7 Å². The average Bonchev–Trinajstić information content (AvgIpc) is 2.37. The van der Waals surface area contributed by atoms with Crippen molar-refractivity contribution >= 4 is 5.69 Å². The number of hydrogen-bond donors (Lipinski definition) is 0. The Balaban J connectivity index is 3.07. The van der Waals surface area contributed by atoms with Gasteiger partial charge in [-0.25, -0.2) is 8.78 Å². The van der Waals surface area contributed by atoms with Crippen molar-refractivity contribution in [2.75, 3.05) is 38.6 Å². The lowest BCUT2D eigenvalue weighted by atomic mass is 10.1. The fraction of sp³-hybridized carbons (Fsp3) is 0.533. The maximum absolute atomic E-state index is 14.1. The number of halogens is 2. The zero-order chi connectivity index (χ0) is 15.3. The normalized spacial score (nSPS) is 10.9. The Hall–Kier alpha value is -1.67. The summed E-state index contributed by atoms with van der Waals surface area (Å²) in [4.78, 5) is 3.81. The van der Waals surface area contributed by atoms with Crippen molar-refractivity contribution in [1.82, 2.24) is 4.90 Å². The van der Waals surface area contributed by atoms with Gasteiger partial charge in [-0.05, 0) is 32.1 Å². The molecule has 0 amide bonds. The minimum absolute atomic E-state index is 0.219. The van der Waals surface area contributed by atoms with Crippen LogP contribution in [-0.4, -0.2) is 38.6 Å². The standard InChI is InChI=1S/C15H21F2N3/c1-11(2)10-20(8-7-19(3)4)13-6-5-12(9-18)14(16)15(13)17/h5-6,11H,7-8,10H2,1-4H3. The van der Waals surface area contributed by atoms with Crippen molar-refractivity contribution in [2.45, 2.75) is 13.8 Å². The lowest BCUT2D eigenvalue weighted by molar-refractivity contribution is 0.406. The van der Waals surface area contributed by atoms with Gasteiger partial charge in [-0.2, -0.15) is 5.26 Å². The van der Waals surface area contributed by atoms with Gasteiger partial charge in [-0.3, -0.25) is 0 Å². The predicted molar refractivity (Wildman–Crippen MR) is 76.7 cm³/mol. The molecule has 0 unspecified atom stereocenters. The summed E-state index contributed by atoms with van der Waals surface area (Å²) in [7, 11) is 3.87. The second-order valence-corrected chi connectivity index (χ2v) is 5.52. The Kier molecular flexibility index (Phi) is 5.90. The Bertz CT molecular complexity index is 493. The van der Waals surface area contributed by atoms with E-state index in [-0.39, 0.29) is 11.3 Å². The van der Waals surface area contributed by atoms with Gasteiger partial charge in [-0.1, -0.05) is 13.8 Å². The maximum Gasteiger partial charge on any atom is 0.183 e. The molecule has 0 radical (unpaired) electrons. The third-order valence-electron chi connectivity index (χ3n) is 2.93. The molecule has 3 nitrogen and oxygen atoms in total. The molecule has 0 aliphatic rings. The quantitative estimate of drug-likeness (QED) is 0.803. The fourth-order valence-electron chi connectivity index (χ4n) is 1.94. The summed E-state index contributed by atoms with van der Waals surface area (Å²) < 4.78 is 27.8. The van der Waals surface area contributed by atoms with Gasteiger partial charge < -0.3 is 9.80 Å². The minimum Gasteiger partial charge on any atom is -0.368 e. The molecule has 20 heavy (non-hydrogen) atoms. The molecule has 110 valence electrons. The largest absolute Gasteiger partial charge is 0.368 e. The van der Waals surface area contributed by atoms with E-state index in [4.69, 9.17) is 5.26 Å². The van der Waals surface area contributed by atoms with E-state index in [2.05, 4.69) is 0 Å². The van der Waals surface area contributed by atoms with Crippen molar-refractivity contribution in [1.29, 1.82) is 5.26 Å². The van der Waals surface area contributed by atoms with Crippen LogP contribution in [0.25, 0.3) is 0 Å². The van der Waals surface area contributed by atoms with Gasteiger partial charge in [0.1, 0.15) is 6.07 Å². The van der Waals surface area contributed by atoms with Crippen LogP contribution in [0, 0.1) is 28.9 Å². The van der Waals surface area contributed by atoms with Crippen LogP contribution < -0.4 is 4.90 Å². The molecule has 0 aliphatic heterocycles. The second kappa shape index (κ2) is 7.20. The molecule has 0 heterocycles. The smallest absolute Gasteiger partial charge is 0.183 e. The highest BCUT2D eigenvalue weighted by Gasteiger charge is 2.18. The molecule has 0 saturated heterocycles. The van der Waals surface area contributed by atoms with Crippen molar-refractivity contribution in [3.8, 4) is 6.07 Å². The zero-order valence-electron chi connectivity index (χ0n) is 12.5. The number of anilines is 1. The van der Waals surface area contributed by atoms with E-state index >= 15 is 0 Å². The Labute approximate surface area is 119 Å². The number of likely N-dealkylation sites (N-methyl/N-ethyl adjacent to an activating group) is 1. The van der Waals surface area contributed by atoms with Crippen LogP contribution in [0.3, 0.4) is 0 Å². The molecular formula is C15H21F2N3. The number of nitrogens with zero attached hydrogens (tertiary/aromatic N) is 3. The van der Waals surface area contributed by atoms with E-state index in [1.165, 1.54) is 12.1 Å². The SMILES string of the molecule is CC(C)CN(CCN(C)C)c1ccc(C#N)c(F)c1F. The molecule has 0 saturated carbocycles. The molecule has 0 atom stereocenters. The summed E-state index contributed by atoms with van der Waals surface area (Å²) in [5.41, 5.74) is -0.0413. The number of hydrogen-bond acceptors (Lipinski definition) is 3. The van der Waals surface area contributed by atoms with E-state index in [1.54, 1.807) is 6.07 Å². The summed E-state index contributed by atoms with van der Waals surface area (Å²) in [6.45, 7) is 6.04. The lowest BCUT2D eigenvalue weighted by Gasteiger charge is -2.28. The van der Waals surface area contributed by atoms with Crippen LogP contribution in [0.15, 0.2) is 12.1 Å². The van der Waals surface area contributed by atoms with Crippen molar-refractivity contribution < 1.29 is 8.78 Å². The van der Waals surface area contributed by atoms with Crippen LogP contribution in [0.5, 0.6) is 0 Å². The Morgan fingerprint density at radius 1 is 1.15 bits per heavy atom. The monoisotopic (exact) mass is 281 g/mol. The molecule has 0 aliphatic carbocycles. The van der Waals surface area contributed by atoms with Gasteiger partial charge in [0.25, 0.3) is 0 Å². The van der Waals surface area contributed by atoms with Crippen molar-refractivity contribution in [2.24, 2.45) is 5.92 Å². The maximum atomic E-state index is 14.1. The molecule has 0 fully saturated rings. The predicted octanol–water partition coefficient (Wildman–Crippen LogP) is 2.86. The molecule has 0 N–H and O–H groups in total. The van der Waals surface area contributed by atoms with Crippen LogP contribution >= 0.6 is 0 Å². The minimum atomic E-state index is -1.07. The first-order valence-electron chi connectivity index (χ1n) is 6.64. The first-order valence-corrected chi connectivity index (χ1v) is 6.64. The third kappa shape index (κ3) is 4.17. The first kappa shape index (κ1) is 16.4. The van der Waals surface area contributed by atoms with Gasteiger partial charge in [0.05, 0.1) is 11.3 Å². The Morgan fingerprint density at radius 3 is 2.30 bits per heavy atom.